The molecule has 0 atom stereocenters. The van der Waals surface area contributed by atoms with Crippen LogP contribution in [0.25, 0.3) is 113 Å². The van der Waals surface area contributed by atoms with E-state index < -0.39 is 0 Å². The van der Waals surface area contributed by atoms with Gasteiger partial charge in [-0.25, -0.2) is 4.98 Å². The van der Waals surface area contributed by atoms with Crippen LogP contribution in [0.5, 0.6) is 0 Å². The molecule has 0 saturated heterocycles. The summed E-state index contributed by atoms with van der Waals surface area (Å²) in [4.78, 5) is 5.37. The van der Waals surface area contributed by atoms with E-state index in [0.717, 1.165) is 22.4 Å². The van der Waals surface area contributed by atoms with Gasteiger partial charge in [0.15, 0.2) is 5.65 Å². The summed E-state index contributed by atoms with van der Waals surface area (Å²) in [7, 11) is 0. The van der Waals surface area contributed by atoms with Crippen molar-refractivity contribution < 1.29 is 0 Å². The van der Waals surface area contributed by atoms with Crippen LogP contribution in [0.4, 0.5) is 0 Å². The molecule has 0 fully saturated rings. The third-order valence-corrected chi connectivity index (χ3v) is 12.4. The average Bonchev–Trinajstić information content (AvgIpc) is 3.78. The highest BCUT2D eigenvalue weighted by Crippen LogP contribution is 2.44. The van der Waals surface area contributed by atoms with E-state index in [9.17, 15) is 0 Å². The van der Waals surface area contributed by atoms with Gasteiger partial charge in [-0.3, -0.25) is 4.40 Å². The van der Waals surface area contributed by atoms with Crippen LogP contribution >= 0.6 is 11.3 Å². The van der Waals surface area contributed by atoms with E-state index in [0.29, 0.717) is 0 Å². The van der Waals surface area contributed by atoms with Gasteiger partial charge >= 0.3 is 0 Å². The Bertz CT molecular complexity index is 3420. The van der Waals surface area contributed by atoms with Crippen LogP contribution in [0, 0.1) is 0 Å². The number of hydrogen-bond acceptors (Lipinski definition) is 2. The van der Waals surface area contributed by atoms with E-state index in [1.807, 2.05) is 11.3 Å². The lowest BCUT2D eigenvalue weighted by Gasteiger charge is -2.13. The van der Waals surface area contributed by atoms with E-state index in [4.69, 9.17) is 4.98 Å². The van der Waals surface area contributed by atoms with Crippen molar-refractivity contribution in [1.82, 2.24) is 9.38 Å². The predicted molar refractivity (Wildman–Crippen MR) is 224 cm³/mol. The molecule has 240 valence electrons. The maximum absolute atomic E-state index is 5.37. The highest BCUT2D eigenvalue weighted by Gasteiger charge is 2.19. The quantitative estimate of drug-likeness (QED) is 0.167. The van der Waals surface area contributed by atoms with Crippen LogP contribution in [0.3, 0.4) is 0 Å². The van der Waals surface area contributed by atoms with E-state index >= 15 is 0 Å². The van der Waals surface area contributed by atoms with Crippen molar-refractivity contribution in [2.24, 2.45) is 0 Å². The molecule has 3 aromatic heterocycles. The third-order valence-electron chi connectivity index (χ3n) is 11.1. The number of fused-ring (bicyclic) bond motifs is 16. The molecule has 0 spiro atoms. The molecule has 0 radical (unpaired) electrons. The Morgan fingerprint density at radius 1 is 0.365 bits per heavy atom. The molecule has 0 aliphatic carbocycles. The van der Waals surface area contributed by atoms with Gasteiger partial charge in [0, 0.05) is 15.5 Å². The Hall–Kier alpha value is -6.55. The van der Waals surface area contributed by atoms with Gasteiger partial charge < -0.3 is 0 Å². The molecule has 2 nitrogen and oxygen atoms in total. The van der Waals surface area contributed by atoms with Crippen molar-refractivity contribution in [3.63, 3.8) is 0 Å². The highest BCUT2D eigenvalue weighted by molar-refractivity contribution is 7.27. The fraction of sp³-hybridized carbons (Fsp3) is 0. The molecule has 0 aliphatic rings. The van der Waals surface area contributed by atoms with Gasteiger partial charge in [0.05, 0.1) is 21.4 Å². The topological polar surface area (TPSA) is 17.3 Å². The summed E-state index contributed by atoms with van der Waals surface area (Å²) >= 11 is 1.86. The maximum atomic E-state index is 5.37. The summed E-state index contributed by atoms with van der Waals surface area (Å²) < 4.78 is 4.93. The smallest absolute Gasteiger partial charge is 0.156 e. The van der Waals surface area contributed by atoms with E-state index in [2.05, 4.69) is 174 Å². The van der Waals surface area contributed by atoms with E-state index in [1.165, 1.54) is 90.7 Å². The normalized spacial score (nSPS) is 12.2. The van der Waals surface area contributed by atoms with E-state index in [1.54, 1.807) is 0 Å². The second kappa shape index (κ2) is 10.5. The molecule has 9 aromatic carbocycles. The molecular weight excluding hydrogens is 649 g/mol. The molecular formula is C49H28N2S. The zero-order valence-electron chi connectivity index (χ0n) is 28.0. The zero-order valence-corrected chi connectivity index (χ0v) is 28.8. The number of rotatable bonds is 2. The fourth-order valence-corrected chi connectivity index (χ4v) is 9.94. The minimum Gasteiger partial charge on any atom is -0.291 e. The van der Waals surface area contributed by atoms with Crippen molar-refractivity contribution in [3.05, 3.63) is 170 Å². The summed E-state index contributed by atoms with van der Waals surface area (Å²) in [6, 6.07) is 62.5. The molecule has 3 heteroatoms. The Morgan fingerprint density at radius 3 is 1.65 bits per heavy atom. The largest absolute Gasteiger partial charge is 0.291 e. The first-order valence-corrected chi connectivity index (χ1v) is 18.6. The summed E-state index contributed by atoms with van der Waals surface area (Å²) in [6.07, 6.45) is 0. The molecule has 0 amide bonds. The number of nitrogens with zero attached hydrogens (tertiary/aromatic N) is 2. The minimum atomic E-state index is 1.01. The van der Waals surface area contributed by atoms with Gasteiger partial charge in [0.25, 0.3) is 0 Å². The maximum Gasteiger partial charge on any atom is 0.156 e. The summed E-state index contributed by atoms with van der Waals surface area (Å²) in [5.74, 6) is 0. The lowest BCUT2D eigenvalue weighted by Crippen LogP contribution is -1.93. The molecule has 0 unspecified atom stereocenters. The minimum absolute atomic E-state index is 1.01. The molecule has 0 N–H and O–H groups in total. The highest BCUT2D eigenvalue weighted by atomic mass is 32.1. The zero-order chi connectivity index (χ0) is 33.9. The van der Waals surface area contributed by atoms with Crippen molar-refractivity contribution in [2.75, 3.05) is 0 Å². The van der Waals surface area contributed by atoms with Crippen molar-refractivity contribution in [2.45, 2.75) is 0 Å². The number of aromatic nitrogens is 2. The van der Waals surface area contributed by atoms with Crippen LogP contribution in [-0.2, 0) is 0 Å². The van der Waals surface area contributed by atoms with Crippen LogP contribution in [0.1, 0.15) is 0 Å². The SMILES string of the molecule is c1ccc2cc3c(cc2c1)nc1c2sc4c5ccccc5ccc4c2cc(-c2ccc(-c4ccc5c6ccccc6c6ccccc6c5c4)cc2)n31. The lowest BCUT2D eigenvalue weighted by atomic mass is 9.92. The fourth-order valence-electron chi connectivity index (χ4n) is 8.65. The molecule has 52 heavy (non-hydrogen) atoms. The van der Waals surface area contributed by atoms with Crippen molar-refractivity contribution in [3.8, 4) is 22.4 Å². The third kappa shape index (κ3) is 3.91. The van der Waals surface area contributed by atoms with E-state index in [-0.39, 0.29) is 0 Å². The first kappa shape index (κ1) is 28.2. The number of pyridine rings is 1. The van der Waals surface area contributed by atoms with Gasteiger partial charge in [-0.05, 0) is 94.8 Å². The van der Waals surface area contributed by atoms with Crippen LogP contribution in [0.2, 0.25) is 0 Å². The number of imidazole rings is 1. The number of hydrogen-bond donors (Lipinski definition) is 0. The van der Waals surface area contributed by atoms with Crippen molar-refractivity contribution in [1.29, 1.82) is 0 Å². The number of thiophene rings is 1. The summed E-state index contributed by atoms with van der Waals surface area (Å²) in [5, 5.41) is 15.3. The Labute approximate surface area is 302 Å². The van der Waals surface area contributed by atoms with Crippen LogP contribution in [0.15, 0.2) is 170 Å². The van der Waals surface area contributed by atoms with Crippen molar-refractivity contribution >= 4 is 102 Å². The summed E-state index contributed by atoms with van der Waals surface area (Å²) in [5.41, 5.74) is 7.90. The predicted octanol–water partition coefficient (Wildman–Crippen LogP) is 14.0. The monoisotopic (exact) mass is 676 g/mol. The first-order chi connectivity index (χ1) is 25.8. The van der Waals surface area contributed by atoms with Gasteiger partial charge in [0.1, 0.15) is 0 Å². The standard InChI is InChI=1S/C49H28N2S/c1-2-11-33-27-46-44(26-32(33)10-1)50-49-48-43(41-24-21-30-9-3-4-12-35(30)47(41)52-48)28-45(51(46)49)31-19-17-29(18-20-31)34-22-23-40-38-15-6-5-13-36(38)37-14-7-8-16-39(37)42(40)25-34/h1-28H. The van der Waals surface area contributed by atoms with Crippen LogP contribution in [-0.4, -0.2) is 9.38 Å². The summed E-state index contributed by atoms with van der Waals surface area (Å²) in [6.45, 7) is 0. The average molecular weight is 677 g/mol. The van der Waals surface area contributed by atoms with Gasteiger partial charge in [0.2, 0.25) is 0 Å². The second-order valence-electron chi connectivity index (χ2n) is 13.9. The Kier molecular flexibility index (Phi) is 5.68. The Balaban J connectivity index is 1.09. The molecule has 0 bridgehead atoms. The van der Waals surface area contributed by atoms with Gasteiger partial charge in [-0.2, -0.15) is 0 Å². The Morgan fingerprint density at radius 2 is 0.923 bits per heavy atom. The second-order valence-corrected chi connectivity index (χ2v) is 14.9. The first-order valence-electron chi connectivity index (χ1n) is 17.8. The molecule has 3 heterocycles. The lowest BCUT2D eigenvalue weighted by molar-refractivity contribution is 1.25. The van der Waals surface area contributed by atoms with Gasteiger partial charge in [-0.1, -0.05) is 146 Å². The molecule has 0 saturated carbocycles. The molecule has 12 rings (SSSR count). The number of benzene rings is 9. The van der Waals surface area contributed by atoms with Crippen LogP contribution < -0.4 is 0 Å². The van der Waals surface area contributed by atoms with Gasteiger partial charge in [-0.15, -0.1) is 11.3 Å². The molecule has 0 aliphatic heterocycles. The molecule has 12 aromatic rings.